The van der Waals surface area contributed by atoms with Crippen molar-refractivity contribution in [2.45, 2.75) is 263 Å². The minimum atomic E-state index is -1.89. The lowest BCUT2D eigenvalue weighted by Gasteiger charge is -2.49. The van der Waals surface area contributed by atoms with E-state index in [1.165, 1.54) is 48.5 Å². The van der Waals surface area contributed by atoms with Crippen molar-refractivity contribution in [3.05, 3.63) is 0 Å². The molecule has 21 fully saturated rings. The molecule has 15 unspecified atom stereocenters. The number of aliphatic hydroxyl groups excluding tert-OH is 14. The Kier molecular flexibility index (Phi) is 17.2. The van der Waals surface area contributed by atoms with Crippen LogP contribution in [0.25, 0.3) is 0 Å². The zero-order chi connectivity index (χ0) is 51.1. The summed E-state index contributed by atoms with van der Waals surface area (Å²) >= 11 is 0. The van der Waals surface area contributed by atoms with Gasteiger partial charge in [-0.15, -0.1) is 0 Å². The van der Waals surface area contributed by atoms with Crippen molar-refractivity contribution in [2.75, 3.05) is 0 Å². The average molecular weight is 1020 g/mol. The minimum absolute atomic E-state index is 1.14. The SMILES string of the molecule is CC1O[C@H]2O[C@H]3C(C)OC(O[C@H]4C(C)OC(O[C@H]5C(C)O[C@@H](O[C@H]6C(C)O[C@@H](O[C@H]7C(C)O[C@@H](O[C@H]8C(C)O[C@@H](OC1[C@H](O)C2O)C(O)[C@H]8O)C(O)[C@H]7O)C(O)[C@H]6O)C(O)[C@H]5O)[C@H](O)[C@H]4O)[C@H](O)[C@H]3O. The molecule has 21 heterocycles. The minimum Gasteiger partial charge on any atom is -0.387 e. The predicted octanol–water partition coefficient (Wildman–Crippen LogP) is -8.04. The molecule has 0 amide bonds. The lowest BCUT2D eigenvalue weighted by molar-refractivity contribution is -0.390. The summed E-state index contributed by atoms with van der Waals surface area (Å²) in [6.45, 7) is 9.99. The molecule has 406 valence electrons. The molecule has 70 heavy (non-hydrogen) atoms. The first-order valence-corrected chi connectivity index (χ1v) is 23.6. The van der Waals surface area contributed by atoms with Crippen LogP contribution in [0.15, 0.2) is 0 Å². The van der Waals surface area contributed by atoms with Crippen molar-refractivity contribution >= 4 is 0 Å². The molecule has 21 rings (SSSR count). The highest BCUT2D eigenvalue weighted by molar-refractivity contribution is 5.00. The highest BCUT2D eigenvalue weighted by Gasteiger charge is 2.58. The Morgan fingerprint density at radius 3 is 0.357 bits per heavy atom. The molecule has 28 heteroatoms. The fraction of sp³-hybridized carbons (Fsp3) is 1.00. The van der Waals surface area contributed by atoms with Crippen molar-refractivity contribution in [1.82, 2.24) is 0 Å². The highest BCUT2D eigenvalue weighted by atomic mass is 16.8. The van der Waals surface area contributed by atoms with Crippen LogP contribution in [0.4, 0.5) is 0 Å². The van der Waals surface area contributed by atoms with Crippen LogP contribution in [0.3, 0.4) is 0 Å². The fourth-order valence-corrected chi connectivity index (χ4v) is 10.2. The van der Waals surface area contributed by atoms with E-state index in [0.717, 1.165) is 0 Å². The molecular weight excluding hydrogens is 952 g/mol. The maximum Gasteiger partial charge on any atom is 0.187 e. The summed E-state index contributed by atoms with van der Waals surface area (Å²) in [4.78, 5) is 0. The lowest BCUT2D eigenvalue weighted by atomic mass is 9.96. The van der Waals surface area contributed by atoms with Crippen LogP contribution in [-0.2, 0) is 66.3 Å². The van der Waals surface area contributed by atoms with Gasteiger partial charge in [0.25, 0.3) is 0 Å². The van der Waals surface area contributed by atoms with E-state index < -0.39 is 215 Å². The van der Waals surface area contributed by atoms with Crippen molar-refractivity contribution in [3.63, 3.8) is 0 Å². The van der Waals surface area contributed by atoms with Gasteiger partial charge < -0.3 is 138 Å². The van der Waals surface area contributed by atoms with E-state index in [9.17, 15) is 71.5 Å². The molecule has 0 aromatic heterocycles. The van der Waals surface area contributed by atoms with Gasteiger partial charge in [-0.1, -0.05) is 0 Å². The van der Waals surface area contributed by atoms with Crippen LogP contribution >= 0.6 is 0 Å². The molecule has 14 bridgehead atoms. The molecule has 21 aliphatic rings. The van der Waals surface area contributed by atoms with Crippen molar-refractivity contribution in [3.8, 4) is 0 Å². The summed E-state index contributed by atoms with van der Waals surface area (Å²) in [5, 5.41) is 157. The molecule has 0 aliphatic carbocycles. The predicted molar refractivity (Wildman–Crippen MR) is 219 cm³/mol. The second kappa shape index (κ2) is 21.9. The second-order valence-electron chi connectivity index (χ2n) is 19.5. The third kappa shape index (κ3) is 10.4. The molecule has 14 N–H and O–H groups in total. The first-order chi connectivity index (χ1) is 32.9. The quantitative estimate of drug-likeness (QED) is 0.107. The Hall–Kier alpha value is -1.12. The van der Waals surface area contributed by atoms with Crippen LogP contribution < -0.4 is 0 Å². The molecule has 28 nitrogen and oxygen atoms in total. The Morgan fingerprint density at radius 2 is 0.257 bits per heavy atom. The Balaban J connectivity index is 1.02. The van der Waals surface area contributed by atoms with E-state index in [1.54, 1.807) is 0 Å². The Labute approximate surface area is 400 Å². The van der Waals surface area contributed by atoms with Gasteiger partial charge in [0.1, 0.15) is 128 Å². The van der Waals surface area contributed by atoms with Gasteiger partial charge in [-0.25, -0.2) is 0 Å². The first kappa shape index (κ1) is 55.1. The zero-order valence-electron chi connectivity index (χ0n) is 39.2. The molecule has 0 spiro atoms. The topological polar surface area (TPSA) is 412 Å². The third-order valence-corrected chi connectivity index (χ3v) is 14.5. The number of hydrogen-bond acceptors (Lipinski definition) is 28. The first-order valence-electron chi connectivity index (χ1n) is 23.6. The Morgan fingerprint density at radius 1 is 0.157 bits per heavy atom. The van der Waals surface area contributed by atoms with E-state index in [2.05, 4.69) is 0 Å². The van der Waals surface area contributed by atoms with Crippen LogP contribution in [-0.4, -0.2) is 286 Å². The number of rotatable bonds is 0. The monoisotopic (exact) mass is 1020 g/mol. The molecule has 21 aliphatic heterocycles. The van der Waals surface area contributed by atoms with Crippen LogP contribution in [0.1, 0.15) is 48.5 Å². The van der Waals surface area contributed by atoms with Gasteiger partial charge in [0.05, 0.1) is 42.7 Å². The molecule has 35 atom stereocenters. The number of ether oxygens (including phenoxy) is 14. The maximum absolute atomic E-state index is 11.3. The van der Waals surface area contributed by atoms with Gasteiger partial charge in [-0.3, -0.25) is 0 Å². The van der Waals surface area contributed by atoms with Gasteiger partial charge in [-0.2, -0.15) is 0 Å². The van der Waals surface area contributed by atoms with E-state index >= 15 is 0 Å². The summed E-state index contributed by atoms with van der Waals surface area (Å²) in [6.07, 6.45) is -55.6. The van der Waals surface area contributed by atoms with Crippen LogP contribution in [0, 0.1) is 0 Å². The van der Waals surface area contributed by atoms with Crippen LogP contribution in [0.2, 0.25) is 0 Å². The van der Waals surface area contributed by atoms with Gasteiger partial charge in [0.2, 0.25) is 0 Å². The van der Waals surface area contributed by atoms with E-state index in [4.69, 9.17) is 66.3 Å². The zero-order valence-corrected chi connectivity index (χ0v) is 39.2. The van der Waals surface area contributed by atoms with Gasteiger partial charge in [0.15, 0.2) is 44.0 Å². The van der Waals surface area contributed by atoms with E-state index in [0.29, 0.717) is 0 Å². The van der Waals surface area contributed by atoms with E-state index in [1.807, 2.05) is 0 Å². The number of aliphatic hydroxyl groups is 14. The summed E-state index contributed by atoms with van der Waals surface area (Å²) in [7, 11) is 0. The summed E-state index contributed by atoms with van der Waals surface area (Å²) < 4.78 is 82.0. The molecule has 21 saturated heterocycles. The van der Waals surface area contributed by atoms with Crippen LogP contribution in [0.5, 0.6) is 0 Å². The summed E-state index contributed by atoms with van der Waals surface area (Å²) in [6, 6.07) is 0. The largest absolute Gasteiger partial charge is 0.387 e. The highest BCUT2D eigenvalue weighted by Crippen LogP contribution is 2.38. The van der Waals surface area contributed by atoms with E-state index in [-0.39, 0.29) is 0 Å². The smallest absolute Gasteiger partial charge is 0.187 e. The summed E-state index contributed by atoms with van der Waals surface area (Å²) in [5.74, 6) is 0. The molecule has 0 saturated carbocycles. The number of hydrogen-bond donors (Lipinski definition) is 14. The standard InChI is InChI=1S/C42H70O28/c1-8-29-15(43)22(50)36(57-8)65-30-9(2)59-38(24(52)17(30)45)67-32-11(4)61-40(26(54)19(32)47)69-34-13(6)63-42(28(56)21(34)49)70-35-14(7)62-41(27(55)20(35)48)68-33-12(5)60-39(25(53)18(33)46)66-31-10(3)58-37(64-29)23(51)16(31)44/h8-56H,1-7H3/t8?,9?,10?,11?,12?,13?,14?,15-,16-,17-,18-,19-,20-,21-,22-,23-,24?,25?,26?,27?,28?,29+,30+,31+,32+,33?,34+,35+,36?,37?,38+,39+,40+,41+,42+/m1/s1. The van der Waals surface area contributed by atoms with Gasteiger partial charge >= 0.3 is 0 Å². The fourth-order valence-electron chi connectivity index (χ4n) is 10.2. The van der Waals surface area contributed by atoms with Crippen molar-refractivity contribution < 1.29 is 138 Å². The second-order valence-corrected chi connectivity index (χ2v) is 19.5. The average Bonchev–Trinajstić information content (AvgIpc) is 3.31. The maximum atomic E-state index is 11.3. The summed E-state index contributed by atoms with van der Waals surface area (Å²) in [5.41, 5.74) is 0. The molecule has 0 aromatic rings. The van der Waals surface area contributed by atoms with Gasteiger partial charge in [-0.05, 0) is 48.5 Å². The molecule has 0 radical (unpaired) electrons. The third-order valence-electron chi connectivity index (χ3n) is 14.5. The van der Waals surface area contributed by atoms with Gasteiger partial charge in [0, 0.05) is 0 Å². The molecule has 0 aromatic carbocycles. The normalized spacial score (nSPS) is 59.7. The lowest BCUT2D eigenvalue weighted by Crippen LogP contribution is -2.66. The Bertz CT molecular complexity index is 1370. The van der Waals surface area contributed by atoms with Crippen molar-refractivity contribution in [2.24, 2.45) is 0 Å². The molecular formula is C42H70O28. The van der Waals surface area contributed by atoms with Crippen molar-refractivity contribution in [1.29, 1.82) is 0 Å².